The van der Waals surface area contributed by atoms with Gasteiger partial charge in [-0.3, -0.25) is 0 Å². The van der Waals surface area contributed by atoms with Crippen molar-refractivity contribution in [2.45, 2.75) is 24.6 Å². The topological polar surface area (TPSA) is 94.9 Å². The molecule has 20 heavy (non-hydrogen) atoms. The van der Waals surface area contributed by atoms with E-state index in [0.29, 0.717) is 10.9 Å². The Balaban J connectivity index is 1.79. The molecule has 1 saturated heterocycles. The van der Waals surface area contributed by atoms with Crippen molar-refractivity contribution in [2.75, 3.05) is 6.61 Å². The quantitative estimate of drug-likeness (QED) is 0.667. The number of benzene rings is 1. The highest BCUT2D eigenvalue weighted by Crippen LogP contribution is 2.27. The second-order valence-electron chi connectivity index (χ2n) is 4.69. The molecular weight excluding hydrogens is 286 g/mol. The molecule has 0 saturated carbocycles. The summed E-state index contributed by atoms with van der Waals surface area (Å²) in [5.41, 5.74) is 0.791. The third-order valence-corrected chi connectivity index (χ3v) is 3.54. The molecule has 0 aliphatic carbocycles. The monoisotopic (exact) mass is 299 g/mol. The number of H-pyrrole nitrogens is 1. The number of rotatable bonds is 3. The van der Waals surface area contributed by atoms with Crippen molar-refractivity contribution in [3.8, 4) is 5.88 Å². The van der Waals surface area contributed by atoms with Gasteiger partial charge in [-0.25, -0.2) is 0 Å². The first-order valence-electron chi connectivity index (χ1n) is 6.16. The number of hydrogen-bond acceptors (Lipinski definition) is 5. The van der Waals surface area contributed by atoms with Gasteiger partial charge >= 0.3 is 0 Å². The van der Waals surface area contributed by atoms with E-state index in [1.54, 1.807) is 18.2 Å². The molecule has 0 amide bonds. The van der Waals surface area contributed by atoms with Gasteiger partial charge in [0.05, 0.1) is 6.61 Å². The summed E-state index contributed by atoms with van der Waals surface area (Å²) in [5.74, 6) is 0.386. The van der Waals surface area contributed by atoms with Gasteiger partial charge in [0.1, 0.15) is 18.3 Å². The molecule has 1 aliphatic heterocycles. The lowest BCUT2D eigenvalue weighted by atomic mass is 10.1. The van der Waals surface area contributed by atoms with Gasteiger partial charge in [-0.15, -0.1) is 0 Å². The summed E-state index contributed by atoms with van der Waals surface area (Å²) in [4.78, 5) is 2.99. The molecule has 4 N–H and O–H groups in total. The van der Waals surface area contributed by atoms with Crippen LogP contribution in [0.25, 0.3) is 10.9 Å². The fraction of sp³-hybridized carbons (Fsp3) is 0.385. The summed E-state index contributed by atoms with van der Waals surface area (Å²) in [6.07, 6.45) is -4.29. The number of hydrogen-bond donors (Lipinski definition) is 4. The molecule has 1 fully saturated rings. The van der Waals surface area contributed by atoms with E-state index in [1.165, 1.54) is 0 Å². The molecule has 2 aromatic rings. The minimum atomic E-state index is -1.22. The van der Waals surface area contributed by atoms with E-state index in [0.717, 1.165) is 10.9 Å². The molecule has 0 unspecified atom stereocenters. The Labute approximate surface area is 119 Å². The van der Waals surface area contributed by atoms with Gasteiger partial charge in [0.25, 0.3) is 0 Å². The standard InChI is InChI=1S/C13H14ClNO5/c14-7-2-1-6-3-10(15-8(6)4-7)20-13-12(18)11(17)9(5-16)19-13/h1-4,9,11-13,15-18H,5H2/t9-,11-,12-,13+/m1/s1. The van der Waals surface area contributed by atoms with Crippen LogP contribution in [0.15, 0.2) is 24.3 Å². The van der Waals surface area contributed by atoms with Crippen molar-refractivity contribution in [2.24, 2.45) is 0 Å². The molecule has 1 aliphatic rings. The van der Waals surface area contributed by atoms with Gasteiger partial charge in [0, 0.05) is 22.0 Å². The lowest BCUT2D eigenvalue weighted by molar-refractivity contribution is -0.118. The lowest BCUT2D eigenvalue weighted by Crippen LogP contribution is -2.35. The van der Waals surface area contributed by atoms with Crippen LogP contribution in [0.1, 0.15) is 0 Å². The van der Waals surface area contributed by atoms with E-state index in [4.69, 9.17) is 26.2 Å². The van der Waals surface area contributed by atoms with E-state index in [9.17, 15) is 10.2 Å². The van der Waals surface area contributed by atoms with Gasteiger partial charge in [-0.2, -0.15) is 0 Å². The molecular formula is C13H14ClNO5. The number of nitrogens with one attached hydrogen (secondary N) is 1. The van der Waals surface area contributed by atoms with Crippen LogP contribution < -0.4 is 4.74 Å². The maximum absolute atomic E-state index is 9.79. The van der Waals surface area contributed by atoms with Crippen molar-refractivity contribution >= 4 is 22.5 Å². The number of fused-ring (bicyclic) bond motifs is 1. The molecule has 0 radical (unpaired) electrons. The Morgan fingerprint density at radius 1 is 1.25 bits per heavy atom. The van der Waals surface area contributed by atoms with Crippen molar-refractivity contribution in [3.63, 3.8) is 0 Å². The van der Waals surface area contributed by atoms with Crippen molar-refractivity contribution in [3.05, 3.63) is 29.3 Å². The summed E-state index contributed by atoms with van der Waals surface area (Å²) in [6.45, 7) is -0.388. The molecule has 3 rings (SSSR count). The molecule has 1 aromatic carbocycles. The first kappa shape index (κ1) is 13.7. The Bertz CT molecular complexity index is 616. The molecule has 7 heteroatoms. The van der Waals surface area contributed by atoms with Crippen molar-refractivity contribution in [1.29, 1.82) is 0 Å². The summed E-state index contributed by atoms with van der Waals surface area (Å²) < 4.78 is 10.7. The fourth-order valence-electron chi connectivity index (χ4n) is 2.22. The number of aliphatic hydroxyl groups excluding tert-OH is 3. The van der Waals surface area contributed by atoms with Crippen LogP contribution in [0.3, 0.4) is 0 Å². The lowest BCUT2D eigenvalue weighted by Gasteiger charge is -2.15. The van der Waals surface area contributed by atoms with Gasteiger partial charge in [-0.05, 0) is 12.1 Å². The molecule has 4 atom stereocenters. The normalized spacial score (nSPS) is 30.0. The van der Waals surface area contributed by atoms with Crippen LogP contribution in [-0.4, -0.2) is 51.5 Å². The highest BCUT2D eigenvalue weighted by molar-refractivity contribution is 6.31. The van der Waals surface area contributed by atoms with Crippen LogP contribution in [0.5, 0.6) is 5.88 Å². The maximum atomic E-state index is 9.79. The molecule has 2 heterocycles. The van der Waals surface area contributed by atoms with Crippen molar-refractivity contribution in [1.82, 2.24) is 4.98 Å². The van der Waals surface area contributed by atoms with Gasteiger partial charge in [-0.1, -0.05) is 17.7 Å². The second kappa shape index (κ2) is 5.23. The Morgan fingerprint density at radius 3 is 2.75 bits per heavy atom. The molecule has 108 valence electrons. The number of aliphatic hydroxyl groups is 3. The van der Waals surface area contributed by atoms with Crippen LogP contribution in [0, 0.1) is 0 Å². The van der Waals surface area contributed by atoms with Crippen LogP contribution in [-0.2, 0) is 4.74 Å². The first-order valence-corrected chi connectivity index (χ1v) is 6.53. The van der Waals surface area contributed by atoms with Gasteiger partial charge < -0.3 is 29.8 Å². The molecule has 0 bridgehead atoms. The minimum Gasteiger partial charge on any atom is -0.447 e. The van der Waals surface area contributed by atoms with E-state index < -0.39 is 24.6 Å². The highest BCUT2D eigenvalue weighted by Gasteiger charge is 2.44. The zero-order valence-electron chi connectivity index (χ0n) is 10.4. The third kappa shape index (κ3) is 2.36. The summed E-state index contributed by atoms with van der Waals surface area (Å²) in [5, 5.41) is 29.9. The van der Waals surface area contributed by atoms with E-state index in [2.05, 4.69) is 4.98 Å². The SMILES string of the molecule is OC[C@H]1O[C@@H](Oc2cc3ccc(Cl)cc3[nH]2)[C@H](O)[C@@H]1O. The van der Waals surface area contributed by atoms with Gasteiger partial charge in [0.2, 0.25) is 6.29 Å². The maximum Gasteiger partial charge on any atom is 0.230 e. The second-order valence-corrected chi connectivity index (χ2v) is 5.13. The molecule has 6 nitrogen and oxygen atoms in total. The van der Waals surface area contributed by atoms with E-state index in [-0.39, 0.29) is 6.61 Å². The Kier molecular flexibility index (Phi) is 3.57. The average molecular weight is 300 g/mol. The number of aromatic amines is 1. The predicted molar refractivity (Wildman–Crippen MR) is 71.7 cm³/mol. The Morgan fingerprint density at radius 2 is 2.05 bits per heavy atom. The summed E-state index contributed by atoms with van der Waals surface area (Å²) in [7, 11) is 0. The number of halogens is 1. The largest absolute Gasteiger partial charge is 0.447 e. The average Bonchev–Trinajstić information content (AvgIpc) is 2.93. The Hall–Kier alpha value is -1.31. The van der Waals surface area contributed by atoms with E-state index >= 15 is 0 Å². The molecule has 1 aromatic heterocycles. The summed E-state index contributed by atoms with van der Waals surface area (Å²) >= 11 is 5.89. The predicted octanol–water partition coefficient (Wildman–Crippen LogP) is 0.639. The molecule has 0 spiro atoms. The van der Waals surface area contributed by atoms with Crippen LogP contribution in [0.2, 0.25) is 5.02 Å². The van der Waals surface area contributed by atoms with Gasteiger partial charge in [0.15, 0.2) is 5.88 Å². The van der Waals surface area contributed by atoms with Crippen LogP contribution in [0.4, 0.5) is 0 Å². The zero-order valence-corrected chi connectivity index (χ0v) is 11.1. The zero-order chi connectivity index (χ0) is 14.3. The van der Waals surface area contributed by atoms with Crippen molar-refractivity contribution < 1.29 is 24.8 Å². The highest BCUT2D eigenvalue weighted by atomic mass is 35.5. The number of aromatic nitrogens is 1. The smallest absolute Gasteiger partial charge is 0.230 e. The van der Waals surface area contributed by atoms with Crippen LogP contribution >= 0.6 is 11.6 Å². The minimum absolute atomic E-state index is 0.386. The fourth-order valence-corrected chi connectivity index (χ4v) is 2.40. The third-order valence-electron chi connectivity index (χ3n) is 3.30. The summed E-state index contributed by atoms with van der Waals surface area (Å²) in [6, 6.07) is 7.08. The number of ether oxygens (including phenoxy) is 2. The first-order chi connectivity index (χ1) is 9.58. The van der Waals surface area contributed by atoms with E-state index in [1.807, 2.05) is 6.07 Å².